The number of hydrogen-bond acceptors (Lipinski definition) is 3. The molecule has 4 rings (SSSR count). The number of fused-ring (bicyclic) bond motifs is 3. The maximum atomic E-state index is 13.1. The summed E-state index contributed by atoms with van der Waals surface area (Å²) < 4.78 is 5.90. The van der Waals surface area contributed by atoms with Gasteiger partial charge < -0.3 is 14.7 Å². The van der Waals surface area contributed by atoms with E-state index in [2.05, 4.69) is 0 Å². The van der Waals surface area contributed by atoms with E-state index in [9.17, 15) is 9.90 Å². The van der Waals surface area contributed by atoms with Crippen molar-refractivity contribution in [3.8, 4) is 5.75 Å². The molecule has 1 amide bonds. The van der Waals surface area contributed by atoms with Crippen LogP contribution < -0.4 is 4.74 Å². The molecule has 1 heterocycles. The summed E-state index contributed by atoms with van der Waals surface area (Å²) in [6, 6.07) is 21.1. The van der Waals surface area contributed by atoms with Crippen molar-refractivity contribution in [3.05, 3.63) is 77.9 Å². The molecule has 0 radical (unpaired) electrons. The average Bonchev–Trinajstić information content (AvgIpc) is 2.72. The number of ether oxygens (including phenoxy) is 1. The lowest BCUT2D eigenvalue weighted by Crippen LogP contribution is -2.41. The van der Waals surface area contributed by atoms with Crippen LogP contribution in [0.15, 0.2) is 66.7 Å². The van der Waals surface area contributed by atoms with E-state index in [1.807, 2.05) is 66.7 Å². The maximum absolute atomic E-state index is 13.1. The highest BCUT2D eigenvalue weighted by Gasteiger charge is 2.37. The number of aliphatic hydroxyl groups excluding tert-OH is 1. The van der Waals surface area contributed by atoms with Crippen molar-refractivity contribution in [2.45, 2.75) is 6.04 Å². The van der Waals surface area contributed by atoms with Crippen LogP contribution in [0.5, 0.6) is 5.75 Å². The van der Waals surface area contributed by atoms with Crippen LogP contribution in [-0.2, 0) is 0 Å². The van der Waals surface area contributed by atoms with Gasteiger partial charge in [-0.05, 0) is 29.0 Å². The zero-order valence-electron chi connectivity index (χ0n) is 14.6. The van der Waals surface area contributed by atoms with E-state index in [0.29, 0.717) is 12.2 Å². The Kier molecular flexibility index (Phi) is 4.35. The van der Waals surface area contributed by atoms with Crippen LogP contribution in [0.2, 0.25) is 0 Å². The van der Waals surface area contributed by atoms with E-state index < -0.39 is 0 Å². The van der Waals surface area contributed by atoms with Crippen molar-refractivity contribution in [1.82, 2.24) is 4.90 Å². The van der Waals surface area contributed by atoms with Gasteiger partial charge in [0.15, 0.2) is 0 Å². The molecule has 132 valence electrons. The molecule has 0 unspecified atom stereocenters. The van der Waals surface area contributed by atoms with Crippen molar-refractivity contribution in [1.29, 1.82) is 0 Å². The third kappa shape index (κ3) is 2.72. The van der Waals surface area contributed by atoms with Gasteiger partial charge in [0.2, 0.25) is 0 Å². The minimum Gasteiger partial charge on any atom is -0.493 e. The summed E-state index contributed by atoms with van der Waals surface area (Å²) >= 11 is 0. The molecule has 1 aliphatic rings. The van der Waals surface area contributed by atoms with Crippen molar-refractivity contribution in [3.63, 3.8) is 0 Å². The smallest absolute Gasteiger partial charge is 0.254 e. The molecule has 1 N–H and O–H groups in total. The Labute approximate surface area is 152 Å². The molecule has 0 bridgehead atoms. The van der Waals surface area contributed by atoms with Gasteiger partial charge in [-0.2, -0.15) is 0 Å². The second kappa shape index (κ2) is 6.81. The number of carbonyl (C=O) groups excluding carboxylic acids is 1. The number of nitrogens with zero attached hydrogens (tertiary/aromatic N) is 1. The third-order valence-corrected chi connectivity index (χ3v) is 5.12. The van der Waals surface area contributed by atoms with Crippen LogP contribution in [0.1, 0.15) is 22.0 Å². The van der Waals surface area contributed by atoms with Gasteiger partial charge in [0.05, 0.1) is 19.3 Å². The average molecular weight is 347 g/mol. The minimum absolute atomic E-state index is 0.0419. The lowest BCUT2D eigenvalue weighted by molar-refractivity contribution is 0.0435. The molecule has 2 atom stereocenters. The fraction of sp³-hybridized carbons (Fsp3) is 0.227. The summed E-state index contributed by atoms with van der Waals surface area (Å²) in [6.07, 6.45) is 0. The molecule has 0 aromatic heterocycles. The molecule has 3 aromatic carbocycles. The highest BCUT2D eigenvalue weighted by Crippen LogP contribution is 2.43. The minimum atomic E-state index is -0.248. The Hall–Kier alpha value is -2.85. The van der Waals surface area contributed by atoms with Crippen LogP contribution >= 0.6 is 0 Å². The summed E-state index contributed by atoms with van der Waals surface area (Å²) in [5.74, 6) is 0.548. The fourth-order valence-corrected chi connectivity index (χ4v) is 3.80. The van der Waals surface area contributed by atoms with Crippen molar-refractivity contribution < 1.29 is 14.6 Å². The van der Waals surface area contributed by atoms with E-state index in [0.717, 1.165) is 22.1 Å². The normalized spacial score (nSPS) is 18.8. The highest BCUT2D eigenvalue weighted by atomic mass is 16.5. The van der Waals surface area contributed by atoms with Crippen molar-refractivity contribution >= 4 is 16.7 Å². The fourth-order valence-electron chi connectivity index (χ4n) is 3.80. The predicted molar refractivity (Wildman–Crippen MR) is 101 cm³/mol. The SMILES string of the molecule is CN(C(=O)c1ccccc1)[C@@H]1c2c(ccc3ccccc23)OC[C@@H]1CO. The van der Waals surface area contributed by atoms with Crippen LogP contribution in [-0.4, -0.2) is 36.2 Å². The van der Waals surface area contributed by atoms with Gasteiger partial charge in [-0.15, -0.1) is 0 Å². The standard InChI is InChI=1S/C22H21NO3/c1-23(22(25)16-8-3-2-4-9-16)21-17(13-24)14-26-19-12-11-15-7-5-6-10-18(15)20(19)21/h2-12,17,21,24H,13-14H2,1H3/t17-,21-/m0/s1. The number of rotatable bonds is 3. The zero-order chi connectivity index (χ0) is 18.1. The molecular weight excluding hydrogens is 326 g/mol. The van der Waals surface area contributed by atoms with Crippen molar-refractivity contribution in [2.75, 3.05) is 20.3 Å². The second-order valence-electron chi connectivity index (χ2n) is 6.68. The Morgan fingerprint density at radius 3 is 2.58 bits per heavy atom. The van der Waals surface area contributed by atoms with Crippen molar-refractivity contribution in [2.24, 2.45) is 5.92 Å². The van der Waals surface area contributed by atoms with E-state index >= 15 is 0 Å². The van der Waals surface area contributed by atoms with Gasteiger partial charge in [-0.3, -0.25) is 4.79 Å². The molecule has 3 aromatic rings. The van der Waals surface area contributed by atoms with E-state index in [1.165, 1.54) is 0 Å². The van der Waals surface area contributed by atoms with Gasteiger partial charge >= 0.3 is 0 Å². The number of amides is 1. The topological polar surface area (TPSA) is 49.8 Å². The highest BCUT2D eigenvalue weighted by molar-refractivity contribution is 5.95. The van der Waals surface area contributed by atoms with Gasteiger partial charge in [0.25, 0.3) is 5.91 Å². The number of aliphatic hydroxyl groups is 1. The second-order valence-corrected chi connectivity index (χ2v) is 6.68. The Bertz CT molecular complexity index is 939. The molecule has 4 heteroatoms. The zero-order valence-corrected chi connectivity index (χ0v) is 14.6. The molecule has 0 spiro atoms. The molecule has 1 aliphatic heterocycles. The quantitative estimate of drug-likeness (QED) is 0.787. The van der Waals surface area contributed by atoms with Gasteiger partial charge in [-0.25, -0.2) is 0 Å². The first-order valence-electron chi connectivity index (χ1n) is 8.78. The largest absolute Gasteiger partial charge is 0.493 e. The van der Waals surface area contributed by atoms with Crippen LogP contribution in [0.25, 0.3) is 10.8 Å². The Morgan fingerprint density at radius 2 is 1.81 bits per heavy atom. The first kappa shape index (κ1) is 16.6. The Morgan fingerprint density at radius 1 is 1.08 bits per heavy atom. The summed E-state index contributed by atoms with van der Waals surface area (Å²) in [5, 5.41) is 12.1. The first-order chi connectivity index (χ1) is 12.7. The molecule has 4 nitrogen and oxygen atoms in total. The summed E-state index contributed by atoms with van der Waals surface area (Å²) in [5.41, 5.74) is 1.61. The lowest BCUT2D eigenvalue weighted by Gasteiger charge is -2.39. The van der Waals surface area contributed by atoms with Crippen LogP contribution in [0.3, 0.4) is 0 Å². The molecule has 0 saturated heterocycles. The van der Waals surface area contributed by atoms with Crippen LogP contribution in [0.4, 0.5) is 0 Å². The van der Waals surface area contributed by atoms with Gasteiger partial charge in [0, 0.05) is 24.1 Å². The molecule has 26 heavy (non-hydrogen) atoms. The molecule has 0 aliphatic carbocycles. The van der Waals surface area contributed by atoms with Gasteiger partial charge in [-0.1, -0.05) is 48.5 Å². The molecule has 0 fully saturated rings. The summed E-state index contributed by atoms with van der Waals surface area (Å²) in [7, 11) is 1.81. The maximum Gasteiger partial charge on any atom is 0.254 e. The van der Waals surface area contributed by atoms with Gasteiger partial charge in [0.1, 0.15) is 5.75 Å². The lowest BCUT2D eigenvalue weighted by atomic mass is 9.86. The molecular formula is C22H21NO3. The first-order valence-corrected chi connectivity index (χ1v) is 8.78. The number of carbonyl (C=O) groups is 1. The third-order valence-electron chi connectivity index (χ3n) is 5.12. The van der Waals surface area contributed by atoms with E-state index in [1.54, 1.807) is 11.9 Å². The molecule has 0 saturated carbocycles. The Balaban J connectivity index is 1.84. The number of hydrogen-bond donors (Lipinski definition) is 1. The number of benzene rings is 3. The summed E-state index contributed by atoms with van der Waals surface area (Å²) in [6.45, 7) is 0.346. The summed E-state index contributed by atoms with van der Waals surface area (Å²) in [4.78, 5) is 14.8. The monoisotopic (exact) mass is 347 g/mol. The van der Waals surface area contributed by atoms with E-state index in [-0.39, 0.29) is 24.5 Å². The predicted octanol–water partition coefficient (Wildman–Crippen LogP) is 3.65. The van der Waals surface area contributed by atoms with Crippen LogP contribution in [0, 0.1) is 5.92 Å². The van der Waals surface area contributed by atoms with E-state index in [4.69, 9.17) is 4.74 Å².